The first-order valence-corrected chi connectivity index (χ1v) is 4.73. The van der Waals surface area contributed by atoms with Crippen molar-refractivity contribution in [2.75, 3.05) is 6.54 Å². The Kier molecular flexibility index (Phi) is 3.30. The zero-order chi connectivity index (χ0) is 10.0. The van der Waals surface area contributed by atoms with Crippen LogP contribution in [0.1, 0.15) is 17.2 Å². The maximum atomic E-state index is 9.63. The highest BCUT2D eigenvalue weighted by Gasteiger charge is 2.15. The first-order valence-electron chi connectivity index (χ1n) is 3.94. The molecule has 3 nitrogen and oxygen atoms in total. The molecule has 0 heterocycles. The Hall–Kier alpha value is -0.580. The van der Waals surface area contributed by atoms with Crippen molar-refractivity contribution >= 4 is 15.9 Å². The predicted octanol–water partition coefficient (Wildman–Crippen LogP) is 1.46. The molecule has 4 heteroatoms. The second-order valence-electron chi connectivity index (χ2n) is 2.88. The molecule has 0 saturated carbocycles. The van der Waals surface area contributed by atoms with Gasteiger partial charge in [-0.1, -0.05) is 22.0 Å². The molecule has 0 aliphatic carbocycles. The van der Waals surface area contributed by atoms with Crippen molar-refractivity contribution in [1.82, 2.24) is 0 Å². The van der Waals surface area contributed by atoms with Crippen molar-refractivity contribution in [3.05, 3.63) is 27.7 Å². The van der Waals surface area contributed by atoms with Crippen molar-refractivity contribution in [2.45, 2.75) is 13.0 Å². The summed E-state index contributed by atoms with van der Waals surface area (Å²) in [6, 6.07) is 3.55. The number of hydrogen-bond acceptors (Lipinski definition) is 3. The maximum Gasteiger partial charge on any atom is 0.125 e. The third kappa shape index (κ3) is 2.02. The fraction of sp³-hybridized carbons (Fsp3) is 0.333. The molecule has 0 fully saturated rings. The quantitative estimate of drug-likeness (QED) is 0.739. The monoisotopic (exact) mass is 245 g/mol. The molecule has 0 saturated heterocycles. The van der Waals surface area contributed by atoms with Crippen LogP contribution in [0.4, 0.5) is 0 Å². The summed E-state index contributed by atoms with van der Waals surface area (Å²) in [5.41, 5.74) is 6.50. The molecule has 1 aromatic carbocycles. The minimum atomic E-state index is -0.825. The number of aromatic hydroxyl groups is 1. The molecule has 0 radical (unpaired) electrons. The van der Waals surface area contributed by atoms with Gasteiger partial charge in [0.05, 0.1) is 6.10 Å². The zero-order valence-electron chi connectivity index (χ0n) is 7.29. The summed E-state index contributed by atoms with van der Waals surface area (Å²) in [6.45, 7) is 1.87. The smallest absolute Gasteiger partial charge is 0.125 e. The predicted molar refractivity (Wildman–Crippen MR) is 54.6 cm³/mol. The lowest BCUT2D eigenvalue weighted by molar-refractivity contribution is 0.181. The van der Waals surface area contributed by atoms with Crippen LogP contribution in [0.2, 0.25) is 0 Å². The van der Waals surface area contributed by atoms with E-state index in [0.717, 1.165) is 5.56 Å². The minimum absolute atomic E-state index is 0.0929. The van der Waals surface area contributed by atoms with Crippen molar-refractivity contribution in [3.63, 3.8) is 0 Å². The van der Waals surface area contributed by atoms with Crippen LogP contribution in [0.25, 0.3) is 0 Å². The van der Waals surface area contributed by atoms with Crippen LogP contribution in [0.5, 0.6) is 5.75 Å². The third-order valence-electron chi connectivity index (χ3n) is 1.92. The van der Waals surface area contributed by atoms with E-state index in [4.69, 9.17) is 5.73 Å². The van der Waals surface area contributed by atoms with Gasteiger partial charge in [0.15, 0.2) is 0 Å². The number of benzene rings is 1. The zero-order valence-corrected chi connectivity index (χ0v) is 8.87. The number of phenolic OH excluding ortho intramolecular Hbond substituents is 1. The van der Waals surface area contributed by atoms with Crippen LogP contribution in [0.15, 0.2) is 16.6 Å². The van der Waals surface area contributed by atoms with E-state index in [-0.39, 0.29) is 12.3 Å². The number of aliphatic hydroxyl groups excluding tert-OH is 1. The molecule has 0 amide bonds. The Morgan fingerprint density at radius 3 is 2.69 bits per heavy atom. The van der Waals surface area contributed by atoms with Gasteiger partial charge in [0.1, 0.15) is 5.75 Å². The van der Waals surface area contributed by atoms with Crippen molar-refractivity contribution < 1.29 is 10.2 Å². The van der Waals surface area contributed by atoms with Crippen LogP contribution in [-0.2, 0) is 0 Å². The summed E-state index contributed by atoms with van der Waals surface area (Å²) in [7, 11) is 0. The standard InChI is InChI=1S/C9H12BrNO2/c1-5-2-3-6(10)8(9(5)13)7(12)4-11/h2-3,7,12-13H,4,11H2,1H3. The van der Waals surface area contributed by atoms with Gasteiger partial charge in [-0.15, -0.1) is 0 Å². The maximum absolute atomic E-state index is 9.63. The highest BCUT2D eigenvalue weighted by atomic mass is 79.9. The largest absolute Gasteiger partial charge is 0.507 e. The van der Waals surface area contributed by atoms with Gasteiger partial charge in [0.25, 0.3) is 0 Å². The summed E-state index contributed by atoms with van der Waals surface area (Å²) in [5.74, 6) is 0.104. The Morgan fingerprint density at radius 1 is 1.54 bits per heavy atom. The van der Waals surface area contributed by atoms with Gasteiger partial charge in [-0.25, -0.2) is 0 Å². The summed E-state index contributed by atoms with van der Waals surface area (Å²) >= 11 is 3.25. The third-order valence-corrected chi connectivity index (χ3v) is 2.61. The lowest BCUT2D eigenvalue weighted by atomic mass is 10.1. The number of halogens is 1. The van der Waals surface area contributed by atoms with Crippen molar-refractivity contribution in [1.29, 1.82) is 0 Å². The molecule has 4 N–H and O–H groups in total. The normalized spacial score (nSPS) is 12.9. The van der Waals surface area contributed by atoms with E-state index >= 15 is 0 Å². The number of phenols is 1. The molecule has 1 unspecified atom stereocenters. The summed E-state index contributed by atoms with van der Waals surface area (Å²) in [4.78, 5) is 0. The molecular weight excluding hydrogens is 234 g/mol. The van der Waals surface area contributed by atoms with Gasteiger partial charge < -0.3 is 15.9 Å². The van der Waals surface area contributed by atoms with Gasteiger partial charge in [-0.3, -0.25) is 0 Å². The Labute approximate surface area is 85.3 Å². The van der Waals surface area contributed by atoms with E-state index in [0.29, 0.717) is 10.0 Å². The number of rotatable bonds is 2. The SMILES string of the molecule is Cc1ccc(Br)c(C(O)CN)c1O. The molecule has 0 bridgehead atoms. The van der Waals surface area contributed by atoms with E-state index < -0.39 is 6.10 Å². The molecule has 1 aromatic rings. The average Bonchev–Trinajstić information content (AvgIpc) is 2.12. The number of hydrogen-bond donors (Lipinski definition) is 3. The molecule has 1 atom stereocenters. The van der Waals surface area contributed by atoms with E-state index in [2.05, 4.69) is 15.9 Å². The number of aryl methyl sites for hydroxylation is 1. The van der Waals surface area contributed by atoms with Crippen LogP contribution in [0.3, 0.4) is 0 Å². The van der Waals surface area contributed by atoms with Gasteiger partial charge in [0, 0.05) is 16.6 Å². The summed E-state index contributed by atoms with van der Waals surface area (Å²) in [5, 5.41) is 19.1. The van der Waals surface area contributed by atoms with Crippen molar-refractivity contribution in [2.24, 2.45) is 5.73 Å². The minimum Gasteiger partial charge on any atom is -0.507 e. The van der Waals surface area contributed by atoms with E-state index in [1.165, 1.54) is 0 Å². The van der Waals surface area contributed by atoms with Gasteiger partial charge in [0.2, 0.25) is 0 Å². The van der Waals surface area contributed by atoms with E-state index in [1.807, 2.05) is 0 Å². The Morgan fingerprint density at radius 2 is 2.15 bits per heavy atom. The Balaban J connectivity index is 3.25. The van der Waals surface area contributed by atoms with Gasteiger partial charge in [-0.2, -0.15) is 0 Å². The highest BCUT2D eigenvalue weighted by Crippen LogP contribution is 2.33. The molecule has 1 rings (SSSR count). The molecule has 0 aliphatic heterocycles. The van der Waals surface area contributed by atoms with E-state index in [1.54, 1.807) is 19.1 Å². The molecular formula is C9H12BrNO2. The second-order valence-corrected chi connectivity index (χ2v) is 3.73. The lowest BCUT2D eigenvalue weighted by Gasteiger charge is -2.13. The van der Waals surface area contributed by atoms with Crippen LogP contribution in [0, 0.1) is 6.92 Å². The molecule has 0 spiro atoms. The molecule has 72 valence electrons. The molecule has 13 heavy (non-hydrogen) atoms. The van der Waals surface area contributed by atoms with E-state index in [9.17, 15) is 10.2 Å². The summed E-state index contributed by atoms with van der Waals surface area (Å²) in [6.07, 6.45) is -0.825. The second kappa shape index (κ2) is 4.09. The average molecular weight is 246 g/mol. The van der Waals surface area contributed by atoms with Crippen LogP contribution < -0.4 is 5.73 Å². The van der Waals surface area contributed by atoms with Gasteiger partial charge >= 0.3 is 0 Å². The fourth-order valence-corrected chi connectivity index (χ4v) is 1.71. The first kappa shape index (κ1) is 10.5. The molecule has 0 aliphatic rings. The van der Waals surface area contributed by atoms with Gasteiger partial charge in [-0.05, 0) is 18.6 Å². The number of nitrogens with two attached hydrogens (primary N) is 1. The number of aliphatic hydroxyl groups is 1. The van der Waals surface area contributed by atoms with Crippen LogP contribution in [-0.4, -0.2) is 16.8 Å². The highest BCUT2D eigenvalue weighted by molar-refractivity contribution is 9.10. The topological polar surface area (TPSA) is 66.5 Å². The van der Waals surface area contributed by atoms with Crippen molar-refractivity contribution in [3.8, 4) is 5.75 Å². The molecule has 0 aromatic heterocycles. The lowest BCUT2D eigenvalue weighted by Crippen LogP contribution is -2.12. The fourth-order valence-electron chi connectivity index (χ4n) is 1.13. The Bertz CT molecular complexity index is 315. The summed E-state index contributed by atoms with van der Waals surface area (Å²) < 4.78 is 0.675. The van der Waals surface area contributed by atoms with Crippen LogP contribution >= 0.6 is 15.9 Å². The first-order chi connectivity index (χ1) is 6.07.